The van der Waals surface area contributed by atoms with Gasteiger partial charge in [-0.2, -0.15) is 0 Å². The molecule has 0 atom stereocenters. The van der Waals surface area contributed by atoms with Crippen LogP contribution < -0.4 is 10.6 Å². The fraction of sp³-hybridized carbons (Fsp3) is 0.636. The number of methoxy groups -OCH3 is 1. The van der Waals surface area contributed by atoms with Crippen LogP contribution in [0.15, 0.2) is 12.1 Å². The highest BCUT2D eigenvalue weighted by Crippen LogP contribution is 2.20. The Morgan fingerprint density at radius 2 is 2.06 bits per heavy atom. The smallest absolute Gasteiger partial charge is 0.0931 e. The fourth-order valence-electron chi connectivity index (χ4n) is 1.30. The van der Waals surface area contributed by atoms with E-state index in [0.29, 0.717) is 0 Å². The zero-order chi connectivity index (χ0) is 11.6. The molecule has 0 radical (unpaired) electrons. The van der Waals surface area contributed by atoms with Crippen molar-refractivity contribution in [1.29, 1.82) is 0 Å². The minimum absolute atomic E-state index is 0.779. The van der Waals surface area contributed by atoms with Crippen LogP contribution in [0, 0.1) is 0 Å². The molecule has 0 saturated carbocycles. The highest BCUT2D eigenvalue weighted by molar-refractivity contribution is 7.16. The van der Waals surface area contributed by atoms with Crippen LogP contribution in [-0.4, -0.2) is 33.4 Å². The molecule has 3 nitrogen and oxygen atoms in total. The zero-order valence-corrected chi connectivity index (χ0v) is 11.2. The third-order valence-electron chi connectivity index (χ3n) is 2.12. The maximum absolute atomic E-state index is 5.84. The van der Waals surface area contributed by atoms with Crippen LogP contribution in [0.1, 0.15) is 11.3 Å². The van der Waals surface area contributed by atoms with Gasteiger partial charge < -0.3 is 15.4 Å². The number of ether oxygens (including phenoxy) is 1. The molecule has 1 aromatic heterocycles. The molecule has 92 valence electrons. The van der Waals surface area contributed by atoms with Crippen molar-refractivity contribution in [3.8, 4) is 0 Å². The number of nitrogens with one attached hydrogen (secondary N) is 2. The minimum Gasteiger partial charge on any atom is -0.383 e. The lowest BCUT2D eigenvalue weighted by atomic mass is 10.4. The summed E-state index contributed by atoms with van der Waals surface area (Å²) < 4.78 is 5.80. The lowest BCUT2D eigenvalue weighted by Gasteiger charge is -2.04. The van der Waals surface area contributed by atoms with E-state index in [1.807, 2.05) is 6.07 Å². The van der Waals surface area contributed by atoms with Gasteiger partial charge in [0.2, 0.25) is 0 Å². The first kappa shape index (κ1) is 13.9. The van der Waals surface area contributed by atoms with Gasteiger partial charge in [0.15, 0.2) is 0 Å². The average molecular weight is 263 g/mol. The summed E-state index contributed by atoms with van der Waals surface area (Å²) in [7, 11) is 1.72. The molecule has 0 fully saturated rings. The first-order valence-electron chi connectivity index (χ1n) is 5.47. The Balaban J connectivity index is 1.88. The molecular formula is C11H19ClN2OS. The highest BCUT2D eigenvalue weighted by Gasteiger charge is 1.96. The molecule has 0 spiro atoms. The van der Waals surface area contributed by atoms with Gasteiger partial charge in [0, 0.05) is 25.1 Å². The number of hydrogen-bond acceptors (Lipinski definition) is 4. The summed E-state index contributed by atoms with van der Waals surface area (Å²) in [6, 6.07) is 4.01. The molecular weight excluding hydrogens is 244 g/mol. The first-order valence-corrected chi connectivity index (χ1v) is 6.67. The van der Waals surface area contributed by atoms with Gasteiger partial charge in [-0.15, -0.1) is 11.3 Å². The summed E-state index contributed by atoms with van der Waals surface area (Å²) in [6.45, 7) is 4.67. The molecule has 0 saturated heterocycles. The van der Waals surface area contributed by atoms with Crippen LogP contribution in [0.4, 0.5) is 0 Å². The van der Waals surface area contributed by atoms with E-state index in [1.165, 1.54) is 4.88 Å². The lowest BCUT2D eigenvalue weighted by Crippen LogP contribution is -2.24. The van der Waals surface area contributed by atoms with Crippen molar-refractivity contribution >= 4 is 22.9 Å². The van der Waals surface area contributed by atoms with Crippen LogP contribution in [-0.2, 0) is 11.3 Å². The predicted molar refractivity (Wildman–Crippen MR) is 70.4 cm³/mol. The van der Waals surface area contributed by atoms with Crippen LogP contribution in [0.3, 0.4) is 0 Å². The maximum atomic E-state index is 5.84. The molecule has 0 aromatic carbocycles. The summed E-state index contributed by atoms with van der Waals surface area (Å²) in [5, 5.41) is 6.69. The highest BCUT2D eigenvalue weighted by atomic mass is 35.5. The second-order valence-corrected chi connectivity index (χ2v) is 5.28. The fourth-order valence-corrected chi connectivity index (χ4v) is 2.35. The van der Waals surface area contributed by atoms with Gasteiger partial charge in [0.1, 0.15) is 0 Å². The van der Waals surface area contributed by atoms with E-state index in [1.54, 1.807) is 18.4 Å². The molecule has 1 rings (SSSR count). The van der Waals surface area contributed by atoms with Gasteiger partial charge in [-0.05, 0) is 31.6 Å². The van der Waals surface area contributed by atoms with Crippen molar-refractivity contribution in [2.45, 2.75) is 13.0 Å². The van der Waals surface area contributed by atoms with E-state index in [2.05, 4.69) is 16.7 Å². The Labute approximate surface area is 106 Å². The SMILES string of the molecule is COCCNCCCNCc1ccc(Cl)s1. The van der Waals surface area contributed by atoms with Gasteiger partial charge in [0.05, 0.1) is 10.9 Å². The molecule has 1 aromatic rings. The summed E-state index contributed by atoms with van der Waals surface area (Å²) in [4.78, 5) is 1.29. The number of hydrogen-bond donors (Lipinski definition) is 2. The Bertz CT molecular complexity index is 281. The molecule has 16 heavy (non-hydrogen) atoms. The van der Waals surface area contributed by atoms with Gasteiger partial charge >= 0.3 is 0 Å². The molecule has 0 amide bonds. The van der Waals surface area contributed by atoms with E-state index in [-0.39, 0.29) is 0 Å². The molecule has 0 aliphatic rings. The lowest BCUT2D eigenvalue weighted by molar-refractivity contribution is 0.199. The van der Waals surface area contributed by atoms with E-state index in [4.69, 9.17) is 16.3 Å². The first-order chi connectivity index (χ1) is 7.83. The second-order valence-electron chi connectivity index (χ2n) is 3.48. The largest absolute Gasteiger partial charge is 0.383 e. The van der Waals surface area contributed by atoms with Crippen LogP contribution >= 0.6 is 22.9 Å². The monoisotopic (exact) mass is 262 g/mol. The molecule has 5 heteroatoms. The normalized spacial score (nSPS) is 10.9. The molecule has 0 bridgehead atoms. The van der Waals surface area contributed by atoms with Gasteiger partial charge in [-0.1, -0.05) is 11.6 Å². The van der Waals surface area contributed by atoms with Gasteiger partial charge in [0.25, 0.3) is 0 Å². The summed E-state index contributed by atoms with van der Waals surface area (Å²) in [5.74, 6) is 0. The quantitative estimate of drug-likeness (QED) is 0.669. The number of thiophene rings is 1. The van der Waals surface area contributed by atoms with Crippen molar-refractivity contribution in [1.82, 2.24) is 10.6 Å². The number of halogens is 1. The predicted octanol–water partition coefficient (Wildman–Crippen LogP) is 2.12. The Hall–Kier alpha value is -0.130. The van der Waals surface area contributed by atoms with Gasteiger partial charge in [-0.3, -0.25) is 0 Å². The van der Waals surface area contributed by atoms with Crippen molar-refractivity contribution in [2.75, 3.05) is 33.4 Å². The van der Waals surface area contributed by atoms with E-state index >= 15 is 0 Å². The van der Waals surface area contributed by atoms with Crippen molar-refractivity contribution in [3.05, 3.63) is 21.3 Å². The summed E-state index contributed by atoms with van der Waals surface area (Å²) >= 11 is 7.47. The Kier molecular flexibility index (Phi) is 7.80. The van der Waals surface area contributed by atoms with E-state index in [0.717, 1.165) is 43.5 Å². The Morgan fingerprint density at radius 3 is 2.75 bits per heavy atom. The summed E-state index contributed by atoms with van der Waals surface area (Å²) in [6.07, 6.45) is 1.13. The van der Waals surface area contributed by atoms with Crippen LogP contribution in [0.25, 0.3) is 0 Å². The molecule has 0 aliphatic heterocycles. The third kappa shape index (κ3) is 6.45. The maximum Gasteiger partial charge on any atom is 0.0931 e. The molecule has 2 N–H and O–H groups in total. The van der Waals surface area contributed by atoms with Crippen LogP contribution in [0.5, 0.6) is 0 Å². The number of rotatable bonds is 9. The average Bonchev–Trinajstić information content (AvgIpc) is 2.68. The minimum atomic E-state index is 0.779. The van der Waals surface area contributed by atoms with E-state index < -0.39 is 0 Å². The topological polar surface area (TPSA) is 33.3 Å². The van der Waals surface area contributed by atoms with E-state index in [9.17, 15) is 0 Å². The van der Waals surface area contributed by atoms with Crippen LogP contribution in [0.2, 0.25) is 4.34 Å². The molecule has 1 heterocycles. The van der Waals surface area contributed by atoms with Crippen molar-refractivity contribution in [2.24, 2.45) is 0 Å². The Morgan fingerprint density at radius 1 is 1.25 bits per heavy atom. The second kappa shape index (κ2) is 8.96. The molecule has 0 unspecified atom stereocenters. The third-order valence-corrected chi connectivity index (χ3v) is 3.35. The van der Waals surface area contributed by atoms with Gasteiger partial charge in [-0.25, -0.2) is 0 Å². The van der Waals surface area contributed by atoms with Crippen molar-refractivity contribution in [3.63, 3.8) is 0 Å². The molecule has 0 aliphatic carbocycles. The zero-order valence-electron chi connectivity index (χ0n) is 9.59. The standard InChI is InChI=1S/C11H19ClN2OS/c1-15-8-7-13-5-2-6-14-9-10-3-4-11(12)16-10/h3-4,13-14H,2,5-9H2,1H3. The summed E-state index contributed by atoms with van der Waals surface area (Å²) in [5.41, 5.74) is 0. The van der Waals surface area contributed by atoms with Crippen molar-refractivity contribution < 1.29 is 4.74 Å².